The van der Waals surface area contributed by atoms with Crippen molar-refractivity contribution in [2.24, 2.45) is 5.10 Å². The molecular formula is C14H10ClFN2O. The molecule has 0 aromatic heterocycles. The number of hydrogen-bond donors (Lipinski definition) is 1. The summed E-state index contributed by atoms with van der Waals surface area (Å²) in [7, 11) is 0. The van der Waals surface area contributed by atoms with Crippen molar-refractivity contribution in [3.05, 3.63) is 70.5 Å². The van der Waals surface area contributed by atoms with E-state index in [4.69, 9.17) is 11.6 Å². The van der Waals surface area contributed by atoms with Crippen molar-refractivity contribution in [1.82, 2.24) is 5.43 Å². The zero-order valence-electron chi connectivity index (χ0n) is 9.81. The van der Waals surface area contributed by atoms with Crippen LogP contribution in [-0.2, 0) is 0 Å². The van der Waals surface area contributed by atoms with Gasteiger partial charge in [0.05, 0.1) is 6.21 Å². The number of benzene rings is 2. The zero-order chi connectivity index (χ0) is 13.7. The molecular weight excluding hydrogens is 267 g/mol. The molecule has 5 heteroatoms. The smallest absolute Gasteiger partial charge is 0.267 e. The van der Waals surface area contributed by atoms with Crippen LogP contribution in [0.2, 0.25) is 5.02 Å². The van der Waals surface area contributed by atoms with Crippen LogP contribution in [0.15, 0.2) is 53.6 Å². The van der Waals surface area contributed by atoms with E-state index in [1.54, 1.807) is 18.2 Å². The van der Waals surface area contributed by atoms with Gasteiger partial charge >= 0.3 is 0 Å². The van der Waals surface area contributed by atoms with Crippen molar-refractivity contribution in [2.75, 3.05) is 0 Å². The Balaban J connectivity index is 2.01. The van der Waals surface area contributed by atoms with Crippen LogP contribution >= 0.6 is 11.6 Å². The van der Waals surface area contributed by atoms with E-state index in [1.807, 2.05) is 6.07 Å². The molecule has 0 radical (unpaired) electrons. The Morgan fingerprint density at radius 2 is 1.84 bits per heavy atom. The van der Waals surface area contributed by atoms with E-state index in [2.05, 4.69) is 10.5 Å². The van der Waals surface area contributed by atoms with Gasteiger partial charge in [0.15, 0.2) is 0 Å². The molecule has 19 heavy (non-hydrogen) atoms. The minimum Gasteiger partial charge on any atom is -0.267 e. The molecule has 3 nitrogen and oxygen atoms in total. The van der Waals surface area contributed by atoms with Crippen molar-refractivity contribution in [1.29, 1.82) is 0 Å². The predicted molar refractivity (Wildman–Crippen MR) is 72.9 cm³/mol. The fourth-order valence-electron chi connectivity index (χ4n) is 1.41. The Morgan fingerprint density at radius 1 is 1.16 bits per heavy atom. The summed E-state index contributed by atoms with van der Waals surface area (Å²) in [5.74, 6) is -0.806. The average molecular weight is 277 g/mol. The minimum atomic E-state index is -0.414. The van der Waals surface area contributed by atoms with Crippen LogP contribution in [0.4, 0.5) is 4.39 Å². The van der Waals surface area contributed by atoms with Gasteiger partial charge in [-0.05, 0) is 30.3 Å². The van der Waals surface area contributed by atoms with Crippen LogP contribution in [0.5, 0.6) is 0 Å². The maximum Gasteiger partial charge on any atom is 0.271 e. The molecule has 0 fully saturated rings. The SMILES string of the molecule is O=C(N/N=C/c1ccccc1Cl)c1ccc(F)cc1. The third-order valence-corrected chi connectivity index (χ3v) is 2.73. The molecule has 0 saturated carbocycles. The van der Waals surface area contributed by atoms with Crippen molar-refractivity contribution in [3.63, 3.8) is 0 Å². The first kappa shape index (κ1) is 13.2. The molecule has 0 aliphatic carbocycles. The summed E-state index contributed by atoms with van der Waals surface area (Å²) in [5.41, 5.74) is 3.37. The number of halogens is 2. The second kappa shape index (κ2) is 6.11. The number of nitrogens with one attached hydrogen (secondary N) is 1. The van der Waals surface area contributed by atoms with Gasteiger partial charge in [-0.25, -0.2) is 9.82 Å². The third kappa shape index (κ3) is 3.63. The van der Waals surface area contributed by atoms with Crippen LogP contribution < -0.4 is 5.43 Å². The second-order valence-corrected chi connectivity index (χ2v) is 4.13. The van der Waals surface area contributed by atoms with Gasteiger partial charge in [-0.1, -0.05) is 29.8 Å². The first-order valence-electron chi connectivity index (χ1n) is 5.50. The van der Waals surface area contributed by atoms with Gasteiger partial charge in [0.25, 0.3) is 5.91 Å². The molecule has 0 aliphatic heterocycles. The second-order valence-electron chi connectivity index (χ2n) is 3.73. The summed E-state index contributed by atoms with van der Waals surface area (Å²) in [6.07, 6.45) is 1.45. The zero-order valence-corrected chi connectivity index (χ0v) is 10.6. The van der Waals surface area contributed by atoms with Crippen LogP contribution in [-0.4, -0.2) is 12.1 Å². The van der Waals surface area contributed by atoms with Gasteiger partial charge in [-0.3, -0.25) is 4.79 Å². The number of rotatable bonds is 3. The molecule has 0 saturated heterocycles. The summed E-state index contributed by atoms with van der Waals surface area (Å²) in [6, 6.07) is 12.3. The first-order chi connectivity index (χ1) is 9.16. The van der Waals surface area contributed by atoms with Crippen molar-refractivity contribution >= 4 is 23.7 Å². The molecule has 0 aliphatic rings. The number of amides is 1. The Labute approximate surface area is 114 Å². The molecule has 0 atom stereocenters. The van der Waals surface area contributed by atoms with Crippen molar-refractivity contribution < 1.29 is 9.18 Å². The normalized spacial score (nSPS) is 10.6. The molecule has 0 heterocycles. The summed E-state index contributed by atoms with van der Waals surface area (Å²) in [5, 5.41) is 4.34. The quantitative estimate of drug-likeness (QED) is 0.679. The van der Waals surface area contributed by atoms with E-state index in [0.717, 1.165) is 0 Å². The molecule has 2 aromatic rings. The highest BCUT2D eigenvalue weighted by molar-refractivity contribution is 6.33. The fourth-order valence-corrected chi connectivity index (χ4v) is 1.59. The molecule has 0 spiro atoms. The lowest BCUT2D eigenvalue weighted by atomic mass is 10.2. The number of carbonyl (C=O) groups is 1. The van der Waals surface area contributed by atoms with E-state index in [1.165, 1.54) is 30.5 Å². The third-order valence-electron chi connectivity index (χ3n) is 2.38. The lowest BCUT2D eigenvalue weighted by molar-refractivity contribution is 0.0955. The van der Waals surface area contributed by atoms with Crippen LogP contribution in [0.25, 0.3) is 0 Å². The van der Waals surface area contributed by atoms with E-state index in [9.17, 15) is 9.18 Å². The molecule has 0 unspecified atom stereocenters. The lowest BCUT2D eigenvalue weighted by Crippen LogP contribution is -2.17. The predicted octanol–water partition coefficient (Wildman–Crippen LogP) is 3.24. The number of nitrogens with zero attached hydrogens (tertiary/aromatic N) is 1. The summed E-state index contributed by atoms with van der Waals surface area (Å²) in [6.45, 7) is 0. The summed E-state index contributed by atoms with van der Waals surface area (Å²) < 4.78 is 12.7. The minimum absolute atomic E-state index is 0.331. The highest BCUT2D eigenvalue weighted by Gasteiger charge is 2.03. The summed E-state index contributed by atoms with van der Waals surface area (Å²) >= 11 is 5.93. The van der Waals surface area contributed by atoms with Crippen molar-refractivity contribution in [2.45, 2.75) is 0 Å². The van der Waals surface area contributed by atoms with Crippen molar-refractivity contribution in [3.8, 4) is 0 Å². The molecule has 1 amide bonds. The highest BCUT2D eigenvalue weighted by Crippen LogP contribution is 2.12. The molecule has 2 aromatic carbocycles. The van der Waals surface area contributed by atoms with Crippen LogP contribution in [0.1, 0.15) is 15.9 Å². The molecule has 1 N–H and O–H groups in total. The van der Waals surface area contributed by atoms with Gasteiger partial charge in [0, 0.05) is 16.1 Å². The number of hydrogen-bond acceptors (Lipinski definition) is 2. The van der Waals surface area contributed by atoms with Crippen LogP contribution in [0, 0.1) is 5.82 Å². The Bertz CT molecular complexity index is 611. The van der Waals surface area contributed by atoms with Gasteiger partial charge < -0.3 is 0 Å². The topological polar surface area (TPSA) is 41.5 Å². The average Bonchev–Trinajstić information content (AvgIpc) is 2.41. The Morgan fingerprint density at radius 3 is 2.53 bits per heavy atom. The molecule has 2 rings (SSSR count). The first-order valence-corrected chi connectivity index (χ1v) is 5.88. The van der Waals surface area contributed by atoms with Gasteiger partial charge in [0.1, 0.15) is 5.82 Å². The maximum atomic E-state index is 12.7. The number of carbonyl (C=O) groups excluding carboxylic acids is 1. The van der Waals surface area contributed by atoms with E-state index >= 15 is 0 Å². The largest absolute Gasteiger partial charge is 0.271 e. The van der Waals surface area contributed by atoms with E-state index < -0.39 is 11.7 Å². The van der Waals surface area contributed by atoms with Gasteiger partial charge in [0.2, 0.25) is 0 Å². The maximum absolute atomic E-state index is 12.7. The van der Waals surface area contributed by atoms with Crippen LogP contribution in [0.3, 0.4) is 0 Å². The fraction of sp³-hybridized carbons (Fsp3) is 0. The monoisotopic (exact) mass is 276 g/mol. The highest BCUT2D eigenvalue weighted by atomic mass is 35.5. The number of hydrazone groups is 1. The Hall–Kier alpha value is -2.20. The standard InChI is InChI=1S/C14H10ClFN2O/c15-13-4-2-1-3-11(13)9-17-18-14(19)10-5-7-12(16)8-6-10/h1-9H,(H,18,19)/b17-9+. The molecule has 0 bridgehead atoms. The lowest BCUT2D eigenvalue weighted by Gasteiger charge is -2.00. The van der Waals surface area contributed by atoms with E-state index in [0.29, 0.717) is 16.1 Å². The molecule has 96 valence electrons. The summed E-state index contributed by atoms with van der Waals surface area (Å²) in [4.78, 5) is 11.7. The van der Waals surface area contributed by atoms with E-state index in [-0.39, 0.29) is 0 Å². The Kier molecular flexibility index (Phi) is 4.26. The van der Waals surface area contributed by atoms with Gasteiger partial charge in [-0.15, -0.1) is 0 Å². The van der Waals surface area contributed by atoms with Gasteiger partial charge in [-0.2, -0.15) is 5.10 Å².